The van der Waals surface area contributed by atoms with Gasteiger partial charge in [0.05, 0.1) is 22.8 Å². The molecule has 0 fully saturated rings. The van der Waals surface area contributed by atoms with Crippen LogP contribution in [0, 0.1) is 6.92 Å². The molecule has 0 atom stereocenters. The number of hydrogen-bond acceptors (Lipinski definition) is 4. The largest absolute Gasteiger partial charge is 0.341 e. The molecule has 3 amide bonds. The molecule has 0 unspecified atom stereocenters. The predicted molar refractivity (Wildman–Crippen MR) is 131 cm³/mol. The van der Waals surface area contributed by atoms with Gasteiger partial charge < -0.3 is 16.0 Å². The third-order valence-electron chi connectivity index (χ3n) is 5.35. The number of aryl methyl sites for hydroxylation is 1. The molecule has 2 heterocycles. The first-order valence-electron chi connectivity index (χ1n) is 10.7. The molecule has 3 N–H and O–H groups in total. The smallest absolute Gasteiger partial charge is 0.318 e. The Morgan fingerprint density at radius 2 is 1.64 bits per heavy atom. The van der Waals surface area contributed by atoms with E-state index in [2.05, 4.69) is 21.0 Å². The second kappa shape index (κ2) is 9.12. The van der Waals surface area contributed by atoms with Crippen LogP contribution in [-0.2, 0) is 0 Å². The summed E-state index contributed by atoms with van der Waals surface area (Å²) in [5.74, 6) is -0.257. The molecule has 8 nitrogen and oxygen atoms in total. The highest BCUT2D eigenvalue weighted by Gasteiger charge is 2.19. The van der Waals surface area contributed by atoms with Crippen molar-refractivity contribution in [2.75, 3.05) is 17.7 Å². The highest BCUT2D eigenvalue weighted by molar-refractivity contribution is 6.12. The summed E-state index contributed by atoms with van der Waals surface area (Å²) < 4.78 is 1.83. The number of urea groups is 1. The van der Waals surface area contributed by atoms with Gasteiger partial charge in [-0.05, 0) is 56.7 Å². The zero-order valence-electron chi connectivity index (χ0n) is 19.0. The molecule has 8 heteroatoms. The van der Waals surface area contributed by atoms with Gasteiger partial charge in [0.25, 0.3) is 5.91 Å². The third kappa shape index (κ3) is 4.55. The number of hydrogen-bond donors (Lipinski definition) is 3. The average Bonchev–Trinajstić information content (AvgIpc) is 3.24. The van der Waals surface area contributed by atoms with Crippen LogP contribution in [0.4, 0.5) is 16.2 Å². The third-order valence-corrected chi connectivity index (χ3v) is 5.35. The van der Waals surface area contributed by atoms with Gasteiger partial charge in [-0.15, -0.1) is 0 Å². The molecule has 0 aliphatic rings. The molecular weight excluding hydrogens is 416 g/mol. The van der Waals surface area contributed by atoms with E-state index in [1.165, 1.54) is 0 Å². The Balaban J connectivity index is 1.72. The summed E-state index contributed by atoms with van der Waals surface area (Å²) in [5.41, 5.74) is 5.16. The average molecular weight is 443 g/mol. The number of rotatable bonds is 5. The molecule has 0 aliphatic carbocycles. The van der Waals surface area contributed by atoms with Crippen LogP contribution in [-0.4, -0.2) is 33.8 Å². The zero-order valence-corrected chi connectivity index (χ0v) is 19.0. The van der Waals surface area contributed by atoms with Crippen molar-refractivity contribution in [1.82, 2.24) is 20.1 Å². The van der Waals surface area contributed by atoms with Crippen molar-refractivity contribution in [3.05, 3.63) is 71.9 Å². The Morgan fingerprint density at radius 1 is 0.970 bits per heavy atom. The molecule has 33 heavy (non-hydrogen) atoms. The predicted octanol–water partition coefficient (Wildman–Crippen LogP) is 4.99. The lowest BCUT2D eigenvalue weighted by Crippen LogP contribution is -2.24. The van der Waals surface area contributed by atoms with Crippen molar-refractivity contribution in [1.29, 1.82) is 0 Å². The number of nitrogens with zero attached hydrogens (tertiary/aromatic N) is 3. The molecule has 0 spiro atoms. The van der Waals surface area contributed by atoms with Crippen LogP contribution in [0.1, 0.15) is 35.8 Å². The summed E-state index contributed by atoms with van der Waals surface area (Å²) in [5, 5.41) is 13.3. The maximum absolute atomic E-state index is 13.3. The Kier molecular flexibility index (Phi) is 6.08. The van der Waals surface area contributed by atoms with Crippen LogP contribution in [0.15, 0.2) is 60.8 Å². The highest BCUT2D eigenvalue weighted by atomic mass is 16.2. The number of carbonyl (C=O) groups is 2. The number of benzene rings is 2. The summed E-state index contributed by atoms with van der Waals surface area (Å²) in [7, 11) is 1.55. The van der Waals surface area contributed by atoms with Gasteiger partial charge in [0.15, 0.2) is 5.65 Å². The molecule has 0 bridgehead atoms. The minimum absolute atomic E-state index is 0.0957. The molecule has 0 saturated heterocycles. The van der Waals surface area contributed by atoms with Crippen LogP contribution in [0.25, 0.3) is 22.3 Å². The van der Waals surface area contributed by atoms with E-state index >= 15 is 0 Å². The number of anilines is 2. The quantitative estimate of drug-likeness (QED) is 0.405. The van der Waals surface area contributed by atoms with E-state index in [1.54, 1.807) is 37.5 Å². The molecule has 168 valence electrons. The fourth-order valence-corrected chi connectivity index (χ4v) is 3.61. The van der Waals surface area contributed by atoms with E-state index in [1.807, 2.05) is 55.8 Å². The van der Waals surface area contributed by atoms with Crippen LogP contribution >= 0.6 is 0 Å². The van der Waals surface area contributed by atoms with Crippen molar-refractivity contribution < 1.29 is 9.59 Å². The van der Waals surface area contributed by atoms with E-state index in [4.69, 9.17) is 4.98 Å². The highest BCUT2D eigenvalue weighted by Crippen LogP contribution is 2.28. The first kappa shape index (κ1) is 22.0. The van der Waals surface area contributed by atoms with Crippen LogP contribution in [0.5, 0.6) is 0 Å². The number of fused-ring (bicyclic) bond motifs is 1. The molecule has 0 aliphatic heterocycles. The molecule has 2 aromatic heterocycles. The van der Waals surface area contributed by atoms with E-state index in [0.717, 1.165) is 16.8 Å². The molecule has 2 aromatic carbocycles. The Morgan fingerprint density at radius 3 is 2.27 bits per heavy atom. The lowest BCUT2D eigenvalue weighted by Gasteiger charge is -2.12. The fraction of sp³-hybridized carbons (Fsp3) is 0.200. The van der Waals surface area contributed by atoms with Crippen molar-refractivity contribution in [2.24, 2.45) is 0 Å². The summed E-state index contributed by atoms with van der Waals surface area (Å²) >= 11 is 0. The molecule has 4 rings (SSSR count). The Bertz CT molecular complexity index is 1320. The van der Waals surface area contributed by atoms with E-state index in [9.17, 15) is 9.59 Å². The lowest BCUT2D eigenvalue weighted by molar-refractivity contribution is 0.102. The standard InChI is InChI=1S/C25H26N6O2/c1-15(2)31-23-21(14-27-31)20(13-22(30-23)19-8-6-5-7-16(19)3)24(32)28-17-9-11-18(12-10-17)29-25(33)26-4/h5-15H,1-4H3,(H,28,32)(H2,26,29,33). The number of amides is 3. The monoisotopic (exact) mass is 442 g/mol. The summed E-state index contributed by atoms with van der Waals surface area (Å²) in [6.07, 6.45) is 1.69. The van der Waals surface area contributed by atoms with E-state index in [-0.39, 0.29) is 18.0 Å². The van der Waals surface area contributed by atoms with E-state index < -0.39 is 0 Å². The van der Waals surface area contributed by atoms with Crippen LogP contribution in [0.3, 0.4) is 0 Å². The molecule has 4 aromatic rings. The van der Waals surface area contributed by atoms with Crippen molar-refractivity contribution in [3.63, 3.8) is 0 Å². The number of pyridine rings is 1. The van der Waals surface area contributed by atoms with Gasteiger partial charge in [-0.25, -0.2) is 14.5 Å². The first-order chi connectivity index (χ1) is 15.9. The lowest BCUT2D eigenvalue weighted by atomic mass is 10.0. The second-order valence-corrected chi connectivity index (χ2v) is 8.03. The normalized spacial score (nSPS) is 10.9. The first-order valence-corrected chi connectivity index (χ1v) is 10.7. The minimum Gasteiger partial charge on any atom is -0.341 e. The SMILES string of the molecule is CNC(=O)Nc1ccc(NC(=O)c2cc(-c3ccccc3C)nc3c2cnn3C(C)C)cc1. The van der Waals surface area contributed by atoms with Gasteiger partial charge in [0.1, 0.15) is 0 Å². The van der Waals surface area contributed by atoms with Gasteiger partial charge in [-0.3, -0.25) is 4.79 Å². The summed E-state index contributed by atoms with van der Waals surface area (Å²) in [4.78, 5) is 29.7. The van der Waals surface area contributed by atoms with Gasteiger partial charge in [-0.2, -0.15) is 5.10 Å². The molecular formula is C25H26N6O2. The Labute approximate surface area is 192 Å². The van der Waals surface area contributed by atoms with Crippen molar-refractivity contribution in [2.45, 2.75) is 26.8 Å². The summed E-state index contributed by atoms with van der Waals surface area (Å²) in [6.45, 7) is 6.08. The number of aromatic nitrogens is 3. The summed E-state index contributed by atoms with van der Waals surface area (Å²) in [6, 6.07) is 16.5. The molecule has 0 saturated carbocycles. The van der Waals surface area contributed by atoms with Gasteiger partial charge in [0.2, 0.25) is 0 Å². The van der Waals surface area contributed by atoms with Gasteiger partial charge in [0, 0.05) is 30.0 Å². The maximum atomic E-state index is 13.3. The van der Waals surface area contributed by atoms with E-state index in [0.29, 0.717) is 28.0 Å². The minimum atomic E-state index is -0.308. The van der Waals surface area contributed by atoms with Crippen LogP contribution in [0.2, 0.25) is 0 Å². The second-order valence-electron chi connectivity index (χ2n) is 8.03. The maximum Gasteiger partial charge on any atom is 0.318 e. The topological polar surface area (TPSA) is 101 Å². The van der Waals surface area contributed by atoms with Crippen molar-refractivity contribution >= 4 is 34.3 Å². The number of nitrogens with one attached hydrogen (secondary N) is 3. The number of carbonyl (C=O) groups excluding carboxylic acids is 2. The van der Waals surface area contributed by atoms with Gasteiger partial charge >= 0.3 is 6.03 Å². The fourth-order valence-electron chi connectivity index (χ4n) is 3.61. The van der Waals surface area contributed by atoms with Gasteiger partial charge in [-0.1, -0.05) is 24.3 Å². The Hall–Kier alpha value is -4.20. The molecule has 0 radical (unpaired) electrons. The zero-order chi connectivity index (χ0) is 23.5. The van der Waals surface area contributed by atoms with Crippen LogP contribution < -0.4 is 16.0 Å². The van der Waals surface area contributed by atoms with Crippen molar-refractivity contribution in [3.8, 4) is 11.3 Å².